The smallest absolute Gasteiger partial charge is 0.200 e. The van der Waals surface area contributed by atoms with Crippen molar-refractivity contribution in [3.8, 4) is 0 Å². The number of hydrogen-bond donors (Lipinski definition) is 4. The first-order valence-corrected chi connectivity index (χ1v) is 5.35. The van der Waals surface area contributed by atoms with Crippen molar-refractivity contribution in [2.75, 3.05) is 18.9 Å². The minimum atomic E-state index is -0.00320. The van der Waals surface area contributed by atoms with Crippen LogP contribution in [0.25, 0.3) is 0 Å². The van der Waals surface area contributed by atoms with Crippen LogP contribution >= 0.6 is 0 Å². The van der Waals surface area contributed by atoms with E-state index in [2.05, 4.69) is 35.0 Å². The fraction of sp³-hybridized carbons (Fsp3) is 0.364. The third kappa shape index (κ3) is 2.09. The van der Waals surface area contributed by atoms with Crippen LogP contribution in [0.5, 0.6) is 0 Å². The van der Waals surface area contributed by atoms with Gasteiger partial charge in [0.25, 0.3) is 0 Å². The molecule has 0 spiro atoms. The Bertz CT molecular complexity index is 372. The van der Waals surface area contributed by atoms with Crippen molar-refractivity contribution in [2.45, 2.75) is 12.5 Å². The van der Waals surface area contributed by atoms with Crippen LogP contribution in [0.15, 0.2) is 24.3 Å². The number of nitrogens with one attached hydrogen (secondary N) is 3. The summed E-state index contributed by atoms with van der Waals surface area (Å²) in [6, 6.07) is 8.64. The van der Waals surface area contributed by atoms with Gasteiger partial charge >= 0.3 is 0 Å². The van der Waals surface area contributed by atoms with Gasteiger partial charge in [-0.3, -0.25) is 10.8 Å². The molecule has 0 saturated carbocycles. The molecule has 0 aliphatic carbocycles. The zero-order valence-electron chi connectivity index (χ0n) is 9.33. The predicted octanol–water partition coefficient (Wildman–Crippen LogP) is 0.873. The molecule has 5 nitrogen and oxygen atoms in total. The zero-order chi connectivity index (χ0) is 11.5. The Morgan fingerprint density at radius 2 is 2.12 bits per heavy atom. The molecule has 5 N–H and O–H groups in total. The summed E-state index contributed by atoms with van der Waals surface area (Å²) in [4.78, 5) is 0. The molecule has 1 heterocycles. The third-order valence-corrected chi connectivity index (χ3v) is 2.87. The Morgan fingerprint density at radius 3 is 2.56 bits per heavy atom. The number of anilines is 1. The number of guanidine groups is 1. The first-order chi connectivity index (χ1) is 7.70. The number of nitrogens with zero attached hydrogens (tertiary/aromatic N) is 1. The highest BCUT2D eigenvalue weighted by Gasteiger charge is 2.29. The Morgan fingerprint density at radius 1 is 1.44 bits per heavy atom. The van der Waals surface area contributed by atoms with Gasteiger partial charge in [-0.15, -0.1) is 0 Å². The van der Waals surface area contributed by atoms with Gasteiger partial charge in [0, 0.05) is 19.3 Å². The monoisotopic (exact) mass is 219 g/mol. The molecular weight excluding hydrogens is 202 g/mol. The van der Waals surface area contributed by atoms with Crippen LogP contribution in [-0.4, -0.2) is 24.6 Å². The summed E-state index contributed by atoms with van der Waals surface area (Å²) in [5.41, 5.74) is 10.5. The van der Waals surface area contributed by atoms with Gasteiger partial charge in [0.15, 0.2) is 0 Å². The third-order valence-electron chi connectivity index (χ3n) is 2.87. The molecule has 1 aromatic rings. The molecule has 1 saturated heterocycles. The molecule has 1 aliphatic heterocycles. The maximum atomic E-state index is 7.19. The maximum Gasteiger partial charge on any atom is 0.200 e. The van der Waals surface area contributed by atoms with Crippen molar-refractivity contribution in [1.82, 2.24) is 10.4 Å². The van der Waals surface area contributed by atoms with E-state index in [1.807, 2.05) is 12.1 Å². The SMILES string of the molecule is CNc1ccc(C2CCN2NC(=N)N)cc1. The predicted molar refractivity (Wildman–Crippen MR) is 65.1 cm³/mol. The molecular formula is C11H17N5. The summed E-state index contributed by atoms with van der Waals surface area (Å²) in [6.45, 7) is 0.929. The second-order valence-electron chi connectivity index (χ2n) is 3.90. The molecule has 1 atom stereocenters. The highest BCUT2D eigenvalue weighted by molar-refractivity contribution is 5.73. The number of benzene rings is 1. The molecule has 1 aromatic carbocycles. The van der Waals surface area contributed by atoms with Crippen LogP contribution in [-0.2, 0) is 0 Å². The number of rotatable bonds is 3. The molecule has 86 valence electrons. The fourth-order valence-corrected chi connectivity index (χ4v) is 1.89. The van der Waals surface area contributed by atoms with Gasteiger partial charge in [0.1, 0.15) is 0 Å². The van der Waals surface area contributed by atoms with E-state index in [1.54, 1.807) is 0 Å². The Hall–Kier alpha value is -1.75. The van der Waals surface area contributed by atoms with Crippen molar-refractivity contribution in [3.63, 3.8) is 0 Å². The quantitative estimate of drug-likeness (QED) is 0.449. The van der Waals surface area contributed by atoms with E-state index in [1.165, 1.54) is 5.56 Å². The van der Waals surface area contributed by atoms with Crippen LogP contribution in [0.4, 0.5) is 5.69 Å². The summed E-state index contributed by atoms with van der Waals surface area (Å²) in [5, 5.41) is 12.3. The lowest BCUT2D eigenvalue weighted by Gasteiger charge is -2.41. The lowest BCUT2D eigenvalue weighted by molar-refractivity contribution is 0.0585. The van der Waals surface area contributed by atoms with E-state index < -0.39 is 0 Å². The van der Waals surface area contributed by atoms with Gasteiger partial charge in [-0.2, -0.15) is 0 Å². The Balaban J connectivity index is 2.03. The van der Waals surface area contributed by atoms with E-state index in [9.17, 15) is 0 Å². The molecule has 2 rings (SSSR count). The van der Waals surface area contributed by atoms with Gasteiger partial charge in [0.05, 0.1) is 6.04 Å². The average molecular weight is 219 g/mol. The first kappa shape index (κ1) is 10.8. The Kier molecular flexibility index (Phi) is 2.96. The van der Waals surface area contributed by atoms with Crippen molar-refractivity contribution < 1.29 is 0 Å². The standard InChI is InChI=1S/C11H17N5/c1-14-9-4-2-8(3-5-9)10-6-7-16(10)15-11(12)13/h2-5,10,14H,6-7H2,1H3,(H4,12,13,15). The second-order valence-corrected chi connectivity index (χ2v) is 3.90. The summed E-state index contributed by atoms with van der Waals surface area (Å²) in [6.07, 6.45) is 1.10. The minimum absolute atomic E-state index is 0.00320. The summed E-state index contributed by atoms with van der Waals surface area (Å²) in [7, 11) is 1.90. The summed E-state index contributed by atoms with van der Waals surface area (Å²) >= 11 is 0. The number of hydrogen-bond acceptors (Lipinski definition) is 3. The largest absolute Gasteiger partial charge is 0.388 e. The molecule has 1 unspecified atom stereocenters. The van der Waals surface area contributed by atoms with Gasteiger partial charge in [-0.1, -0.05) is 12.1 Å². The van der Waals surface area contributed by atoms with Crippen LogP contribution < -0.4 is 16.5 Å². The molecule has 5 heteroatoms. The lowest BCUT2D eigenvalue weighted by atomic mass is 9.97. The second kappa shape index (κ2) is 4.40. The van der Waals surface area contributed by atoms with E-state index in [4.69, 9.17) is 11.1 Å². The highest BCUT2D eigenvalue weighted by atomic mass is 15.6. The van der Waals surface area contributed by atoms with Crippen LogP contribution in [0.2, 0.25) is 0 Å². The van der Waals surface area contributed by atoms with Crippen LogP contribution in [0.3, 0.4) is 0 Å². The van der Waals surface area contributed by atoms with Gasteiger partial charge in [-0.05, 0) is 24.1 Å². The number of nitrogens with two attached hydrogens (primary N) is 1. The van der Waals surface area contributed by atoms with E-state index >= 15 is 0 Å². The molecule has 0 aromatic heterocycles. The van der Waals surface area contributed by atoms with Crippen molar-refractivity contribution in [3.05, 3.63) is 29.8 Å². The lowest BCUT2D eigenvalue weighted by Crippen LogP contribution is -2.54. The first-order valence-electron chi connectivity index (χ1n) is 5.35. The molecule has 16 heavy (non-hydrogen) atoms. The molecule has 0 amide bonds. The molecule has 1 aliphatic rings. The maximum absolute atomic E-state index is 7.19. The van der Waals surface area contributed by atoms with Gasteiger partial charge in [-0.25, -0.2) is 5.01 Å². The van der Waals surface area contributed by atoms with Crippen LogP contribution in [0.1, 0.15) is 18.0 Å². The Labute approximate surface area is 95.1 Å². The molecule has 0 radical (unpaired) electrons. The highest BCUT2D eigenvalue weighted by Crippen LogP contribution is 2.31. The average Bonchev–Trinajstić information content (AvgIpc) is 2.25. The fourth-order valence-electron chi connectivity index (χ4n) is 1.89. The normalized spacial score (nSPS) is 19.9. The summed E-state index contributed by atoms with van der Waals surface area (Å²) < 4.78 is 0. The van der Waals surface area contributed by atoms with E-state index in [0.717, 1.165) is 18.7 Å². The van der Waals surface area contributed by atoms with E-state index in [-0.39, 0.29) is 5.96 Å². The van der Waals surface area contributed by atoms with Crippen LogP contribution in [0, 0.1) is 5.41 Å². The van der Waals surface area contributed by atoms with Crippen molar-refractivity contribution in [2.24, 2.45) is 5.73 Å². The minimum Gasteiger partial charge on any atom is -0.388 e. The van der Waals surface area contributed by atoms with Crippen molar-refractivity contribution >= 4 is 11.6 Å². The van der Waals surface area contributed by atoms with Gasteiger partial charge in [0.2, 0.25) is 5.96 Å². The molecule has 0 bridgehead atoms. The topological polar surface area (TPSA) is 77.2 Å². The van der Waals surface area contributed by atoms with Gasteiger partial charge < -0.3 is 11.1 Å². The number of hydrazine groups is 1. The van der Waals surface area contributed by atoms with E-state index in [0.29, 0.717) is 6.04 Å². The zero-order valence-corrected chi connectivity index (χ0v) is 9.33. The molecule has 1 fully saturated rings. The van der Waals surface area contributed by atoms with Crippen molar-refractivity contribution in [1.29, 1.82) is 5.41 Å². The summed E-state index contributed by atoms with van der Waals surface area (Å²) in [5.74, 6) is -0.00320.